The summed E-state index contributed by atoms with van der Waals surface area (Å²) in [6, 6.07) is 5.10. The number of fused-ring (bicyclic) bond motifs is 1. The van der Waals surface area contributed by atoms with Gasteiger partial charge < -0.3 is 19.2 Å². The van der Waals surface area contributed by atoms with Crippen LogP contribution < -0.4 is 4.65 Å². The van der Waals surface area contributed by atoms with Crippen molar-refractivity contribution in [2.24, 2.45) is 0 Å². The van der Waals surface area contributed by atoms with E-state index in [4.69, 9.17) is 9.39 Å². The van der Waals surface area contributed by atoms with Crippen molar-refractivity contribution in [3.63, 3.8) is 0 Å². The molecule has 0 aromatic heterocycles. The SMILES string of the molecule is COC(=O)c1cccc2c1OB(O)[C@@H](CC(=O)CCCC(C)=O)C2. The number of carbonyl (C=O) groups is 3. The monoisotopic (exact) mass is 332 g/mol. The summed E-state index contributed by atoms with van der Waals surface area (Å²) in [5.41, 5.74) is 1.03. The summed E-state index contributed by atoms with van der Waals surface area (Å²) in [7, 11) is 0.129. The van der Waals surface area contributed by atoms with Gasteiger partial charge in [0.1, 0.15) is 22.9 Å². The number of carbonyl (C=O) groups excluding carboxylic acids is 3. The van der Waals surface area contributed by atoms with Crippen LogP contribution in [0, 0.1) is 0 Å². The summed E-state index contributed by atoms with van der Waals surface area (Å²) >= 11 is 0. The second-order valence-electron chi connectivity index (χ2n) is 6.06. The summed E-state index contributed by atoms with van der Waals surface area (Å²) in [5.74, 6) is -0.519. The molecule has 1 aromatic carbocycles. The van der Waals surface area contributed by atoms with Gasteiger partial charge in [-0.1, -0.05) is 12.1 Å². The van der Waals surface area contributed by atoms with E-state index in [9.17, 15) is 19.4 Å². The molecule has 128 valence electrons. The number of rotatable bonds is 7. The molecular formula is C17H21BO6. The molecule has 6 nitrogen and oxygen atoms in total. The fraction of sp³-hybridized carbons (Fsp3) is 0.471. The molecule has 0 amide bonds. The molecule has 1 atom stereocenters. The molecule has 1 heterocycles. The minimum atomic E-state index is -1.15. The molecule has 2 rings (SSSR count). The molecule has 0 radical (unpaired) electrons. The number of esters is 1. The zero-order valence-corrected chi connectivity index (χ0v) is 13.9. The van der Waals surface area contributed by atoms with Crippen LogP contribution in [0.15, 0.2) is 18.2 Å². The Morgan fingerprint density at radius 2 is 2.08 bits per heavy atom. The van der Waals surface area contributed by atoms with E-state index < -0.39 is 13.1 Å². The lowest BCUT2D eigenvalue weighted by Gasteiger charge is -2.28. The standard InChI is InChI=1S/C17H21BO6/c1-11(19)5-3-7-14(20)10-13-9-12-6-4-8-15(17(21)23-2)16(12)24-18(13)22/h4,6,8,13,22H,3,5,7,9-10H2,1-2H3/t13-/m1/s1. The van der Waals surface area contributed by atoms with Gasteiger partial charge in [-0.2, -0.15) is 0 Å². The molecule has 1 aliphatic rings. The van der Waals surface area contributed by atoms with Gasteiger partial charge in [0, 0.05) is 25.1 Å². The third-order valence-corrected chi connectivity index (χ3v) is 4.10. The van der Waals surface area contributed by atoms with Gasteiger partial charge in [-0.15, -0.1) is 0 Å². The van der Waals surface area contributed by atoms with E-state index in [0.29, 0.717) is 31.4 Å². The Hall–Kier alpha value is -2.15. The minimum absolute atomic E-state index is 0.00327. The van der Waals surface area contributed by atoms with E-state index in [1.54, 1.807) is 18.2 Å². The molecule has 0 saturated heterocycles. The van der Waals surface area contributed by atoms with Crippen molar-refractivity contribution in [1.82, 2.24) is 0 Å². The Balaban J connectivity index is 2.03. The van der Waals surface area contributed by atoms with Gasteiger partial charge in [0.25, 0.3) is 0 Å². The summed E-state index contributed by atoms with van der Waals surface area (Å²) in [5, 5.41) is 10.2. The molecule has 24 heavy (non-hydrogen) atoms. The van der Waals surface area contributed by atoms with Gasteiger partial charge in [0.2, 0.25) is 0 Å². The van der Waals surface area contributed by atoms with Crippen LogP contribution in [0.1, 0.15) is 48.5 Å². The van der Waals surface area contributed by atoms with Gasteiger partial charge in [0.15, 0.2) is 0 Å². The van der Waals surface area contributed by atoms with Gasteiger partial charge in [0.05, 0.1) is 7.11 Å². The van der Waals surface area contributed by atoms with Crippen molar-refractivity contribution in [3.8, 4) is 5.75 Å². The Morgan fingerprint density at radius 1 is 1.33 bits per heavy atom. The van der Waals surface area contributed by atoms with E-state index >= 15 is 0 Å². The van der Waals surface area contributed by atoms with Crippen molar-refractivity contribution < 1.29 is 28.8 Å². The van der Waals surface area contributed by atoms with Crippen molar-refractivity contribution in [2.75, 3.05) is 7.11 Å². The van der Waals surface area contributed by atoms with Crippen molar-refractivity contribution in [3.05, 3.63) is 29.3 Å². The minimum Gasteiger partial charge on any atom is -0.535 e. The maximum absolute atomic E-state index is 12.0. The number of hydrogen-bond acceptors (Lipinski definition) is 6. The van der Waals surface area contributed by atoms with Crippen LogP contribution in [0.25, 0.3) is 0 Å². The summed E-state index contributed by atoms with van der Waals surface area (Å²) < 4.78 is 10.2. The lowest BCUT2D eigenvalue weighted by atomic mass is 9.64. The van der Waals surface area contributed by atoms with Gasteiger partial charge >= 0.3 is 13.1 Å². The van der Waals surface area contributed by atoms with Crippen molar-refractivity contribution in [2.45, 2.75) is 44.8 Å². The van der Waals surface area contributed by atoms with E-state index in [0.717, 1.165) is 5.56 Å². The Bertz CT molecular complexity index is 642. The van der Waals surface area contributed by atoms with E-state index in [1.807, 2.05) is 0 Å². The first-order valence-electron chi connectivity index (χ1n) is 7.98. The topological polar surface area (TPSA) is 89.9 Å². The first-order chi connectivity index (χ1) is 11.4. The van der Waals surface area contributed by atoms with Crippen molar-refractivity contribution >= 4 is 24.7 Å². The molecule has 0 unspecified atom stereocenters. The smallest absolute Gasteiger partial charge is 0.526 e. The van der Waals surface area contributed by atoms with Crippen LogP contribution in [-0.2, 0) is 20.7 Å². The quantitative estimate of drug-likeness (QED) is 0.606. The molecule has 0 bridgehead atoms. The summed E-state index contributed by atoms with van der Waals surface area (Å²) in [4.78, 5) is 34.7. The first-order valence-corrected chi connectivity index (χ1v) is 7.98. The lowest BCUT2D eigenvalue weighted by Crippen LogP contribution is -2.35. The molecule has 1 N–H and O–H groups in total. The van der Waals surface area contributed by atoms with Gasteiger partial charge in [-0.25, -0.2) is 4.79 Å². The average Bonchev–Trinajstić information content (AvgIpc) is 2.54. The molecule has 0 fully saturated rings. The van der Waals surface area contributed by atoms with Crippen LogP contribution >= 0.6 is 0 Å². The summed E-state index contributed by atoms with van der Waals surface area (Å²) in [6.45, 7) is 1.50. The Labute approximate surface area is 141 Å². The number of benzene rings is 1. The number of ketones is 2. The van der Waals surface area contributed by atoms with Crippen LogP contribution in [0.5, 0.6) is 5.75 Å². The largest absolute Gasteiger partial charge is 0.535 e. The summed E-state index contributed by atoms with van der Waals surface area (Å²) in [6.07, 6.45) is 1.86. The maximum atomic E-state index is 12.0. The lowest BCUT2D eigenvalue weighted by molar-refractivity contribution is -0.119. The molecule has 0 aliphatic carbocycles. The predicted molar refractivity (Wildman–Crippen MR) is 88.0 cm³/mol. The van der Waals surface area contributed by atoms with Crippen LogP contribution in [-0.4, -0.2) is 36.8 Å². The van der Waals surface area contributed by atoms with E-state index in [2.05, 4.69) is 0 Å². The maximum Gasteiger partial charge on any atom is 0.526 e. The number of Topliss-reactive ketones (excluding diaryl/α,β-unsaturated/α-hetero) is 2. The van der Waals surface area contributed by atoms with Gasteiger partial charge in [-0.3, -0.25) is 4.79 Å². The zero-order valence-electron chi connectivity index (χ0n) is 13.9. The highest BCUT2D eigenvalue weighted by Crippen LogP contribution is 2.36. The van der Waals surface area contributed by atoms with Gasteiger partial charge in [-0.05, 0) is 31.4 Å². The zero-order chi connectivity index (χ0) is 17.7. The molecule has 7 heteroatoms. The fourth-order valence-corrected chi connectivity index (χ4v) is 2.86. The van der Waals surface area contributed by atoms with Crippen molar-refractivity contribution in [1.29, 1.82) is 0 Å². The highest BCUT2D eigenvalue weighted by atomic mass is 16.5. The van der Waals surface area contributed by atoms with Crippen LogP contribution in [0.2, 0.25) is 5.82 Å². The first kappa shape index (κ1) is 18.2. The average molecular weight is 332 g/mol. The highest BCUT2D eigenvalue weighted by Gasteiger charge is 2.37. The Morgan fingerprint density at radius 3 is 2.75 bits per heavy atom. The third kappa shape index (κ3) is 4.44. The van der Waals surface area contributed by atoms with Crippen LogP contribution in [0.3, 0.4) is 0 Å². The second kappa shape index (κ2) is 8.10. The van der Waals surface area contributed by atoms with E-state index in [1.165, 1.54) is 14.0 Å². The number of methoxy groups -OCH3 is 1. The highest BCUT2D eigenvalue weighted by molar-refractivity contribution is 6.47. The number of hydrogen-bond donors (Lipinski definition) is 1. The molecular weight excluding hydrogens is 311 g/mol. The number of para-hydroxylation sites is 1. The normalized spacial score (nSPS) is 16.1. The third-order valence-electron chi connectivity index (χ3n) is 4.10. The molecule has 1 aliphatic heterocycles. The molecule has 0 saturated carbocycles. The molecule has 0 spiro atoms. The second-order valence-corrected chi connectivity index (χ2v) is 6.06. The van der Waals surface area contributed by atoms with E-state index in [-0.39, 0.29) is 29.4 Å². The predicted octanol–water partition coefficient (Wildman–Crippen LogP) is 1.98. The van der Waals surface area contributed by atoms with Crippen LogP contribution in [0.4, 0.5) is 0 Å². The fourth-order valence-electron chi connectivity index (χ4n) is 2.86. The Kier molecular flexibility index (Phi) is 6.14. The number of ether oxygens (including phenoxy) is 1. The molecule has 1 aromatic rings.